The Hall–Kier alpha value is -2.19. The normalized spacial score (nSPS) is 12.0. The maximum Gasteiger partial charge on any atom is 0.231 e. The predicted octanol–water partition coefficient (Wildman–Crippen LogP) is 3.85. The van der Waals surface area contributed by atoms with Crippen LogP contribution in [0.25, 0.3) is 11.0 Å². The minimum Gasteiger partial charge on any atom is -0.497 e. The van der Waals surface area contributed by atoms with Crippen molar-refractivity contribution in [3.05, 3.63) is 42.0 Å². The summed E-state index contributed by atoms with van der Waals surface area (Å²) < 4.78 is 15.7. The second kappa shape index (κ2) is 7.37. The van der Waals surface area contributed by atoms with Gasteiger partial charge in [-0.1, -0.05) is 11.8 Å². The third-order valence-corrected chi connectivity index (χ3v) is 4.58. The molecular formula is C17H15BrN2O4S. The van der Waals surface area contributed by atoms with E-state index in [2.05, 4.69) is 9.97 Å². The van der Waals surface area contributed by atoms with Crippen molar-refractivity contribution < 1.29 is 19.0 Å². The minimum absolute atomic E-state index is 0. The number of nitrogens with zero attached hydrogens (tertiary/aromatic N) is 1. The smallest absolute Gasteiger partial charge is 0.231 e. The average Bonchev–Trinajstić information content (AvgIpc) is 3.24. The number of carbonyl (C=O) groups is 1. The van der Waals surface area contributed by atoms with Crippen LogP contribution in [0.5, 0.6) is 17.2 Å². The van der Waals surface area contributed by atoms with Crippen molar-refractivity contribution in [3.8, 4) is 17.2 Å². The van der Waals surface area contributed by atoms with Crippen LogP contribution in [0.4, 0.5) is 0 Å². The fourth-order valence-electron chi connectivity index (χ4n) is 2.45. The zero-order valence-corrected chi connectivity index (χ0v) is 15.8. The van der Waals surface area contributed by atoms with E-state index in [4.69, 9.17) is 14.2 Å². The number of rotatable bonds is 5. The highest BCUT2D eigenvalue weighted by molar-refractivity contribution is 8.93. The van der Waals surface area contributed by atoms with Gasteiger partial charge in [-0.05, 0) is 30.3 Å². The molecule has 2 aromatic carbocycles. The molecule has 1 N–H and O–H groups in total. The standard InChI is InChI=1S/C17H14N2O4S.BrH/c1-21-11-3-4-12-13(7-11)19-17(18-12)24-8-14(20)10-2-5-15-16(6-10)23-9-22-15;/h2-7H,8-9H2,1H3,(H,18,19);1H. The van der Waals surface area contributed by atoms with Gasteiger partial charge in [-0.2, -0.15) is 0 Å². The van der Waals surface area contributed by atoms with E-state index >= 15 is 0 Å². The molecule has 4 rings (SSSR count). The van der Waals surface area contributed by atoms with Gasteiger partial charge in [0.05, 0.1) is 23.9 Å². The average molecular weight is 423 g/mol. The molecule has 0 saturated carbocycles. The van der Waals surface area contributed by atoms with Crippen molar-refractivity contribution in [2.75, 3.05) is 19.7 Å². The molecular weight excluding hydrogens is 408 g/mol. The number of ketones is 1. The van der Waals surface area contributed by atoms with Gasteiger partial charge in [0.2, 0.25) is 6.79 Å². The number of H-pyrrole nitrogens is 1. The van der Waals surface area contributed by atoms with Gasteiger partial charge in [0.1, 0.15) is 5.75 Å². The first kappa shape index (κ1) is 17.6. The second-order valence-electron chi connectivity index (χ2n) is 5.20. The molecule has 0 aliphatic carbocycles. The van der Waals surface area contributed by atoms with E-state index in [1.165, 1.54) is 11.8 Å². The number of ether oxygens (including phenoxy) is 3. The number of benzene rings is 2. The summed E-state index contributed by atoms with van der Waals surface area (Å²) in [5, 5.41) is 0.701. The zero-order valence-electron chi connectivity index (χ0n) is 13.3. The molecule has 0 unspecified atom stereocenters. The zero-order chi connectivity index (χ0) is 16.5. The quantitative estimate of drug-likeness (QED) is 0.497. The molecule has 0 atom stereocenters. The lowest BCUT2D eigenvalue weighted by Gasteiger charge is -2.01. The number of fused-ring (bicyclic) bond motifs is 2. The number of Topliss-reactive ketones (excluding diaryl/α,β-unsaturated/α-hetero) is 1. The molecule has 1 aliphatic rings. The van der Waals surface area contributed by atoms with Crippen LogP contribution in [0.15, 0.2) is 41.6 Å². The van der Waals surface area contributed by atoms with Crippen LogP contribution in [0.3, 0.4) is 0 Å². The van der Waals surface area contributed by atoms with Gasteiger partial charge < -0.3 is 19.2 Å². The van der Waals surface area contributed by atoms with Gasteiger partial charge in [0.25, 0.3) is 0 Å². The Labute approximate surface area is 158 Å². The highest BCUT2D eigenvalue weighted by Crippen LogP contribution is 2.33. The molecule has 25 heavy (non-hydrogen) atoms. The molecule has 6 nitrogen and oxygen atoms in total. The molecule has 8 heteroatoms. The van der Waals surface area contributed by atoms with Crippen LogP contribution in [-0.2, 0) is 0 Å². The number of halogens is 1. The first-order valence-electron chi connectivity index (χ1n) is 7.32. The predicted molar refractivity (Wildman–Crippen MR) is 101 cm³/mol. The van der Waals surface area contributed by atoms with Crippen LogP contribution in [0.1, 0.15) is 10.4 Å². The summed E-state index contributed by atoms with van der Waals surface area (Å²) in [7, 11) is 1.62. The SMILES string of the molecule is Br.COc1ccc2nc(SCC(=O)c3ccc4c(c3)OCO4)[nH]c2c1. The van der Waals surface area contributed by atoms with E-state index in [0.29, 0.717) is 22.2 Å². The molecule has 130 valence electrons. The summed E-state index contributed by atoms with van der Waals surface area (Å²) in [4.78, 5) is 20.0. The molecule has 0 saturated heterocycles. The molecule has 0 spiro atoms. The Morgan fingerprint density at radius 3 is 2.92 bits per heavy atom. The minimum atomic E-state index is 0. The highest BCUT2D eigenvalue weighted by atomic mass is 79.9. The van der Waals surface area contributed by atoms with Crippen molar-refractivity contribution in [3.63, 3.8) is 0 Å². The first-order chi connectivity index (χ1) is 11.7. The topological polar surface area (TPSA) is 73.4 Å². The summed E-state index contributed by atoms with van der Waals surface area (Å²) in [6.07, 6.45) is 0. The number of methoxy groups -OCH3 is 1. The molecule has 0 amide bonds. The third-order valence-electron chi connectivity index (χ3n) is 3.70. The largest absolute Gasteiger partial charge is 0.497 e. The molecule has 1 aliphatic heterocycles. The molecule has 0 bridgehead atoms. The lowest BCUT2D eigenvalue weighted by atomic mass is 10.1. The molecule has 2 heterocycles. The van der Waals surface area contributed by atoms with Gasteiger partial charge >= 0.3 is 0 Å². The second-order valence-corrected chi connectivity index (χ2v) is 6.17. The van der Waals surface area contributed by atoms with Crippen LogP contribution < -0.4 is 14.2 Å². The summed E-state index contributed by atoms with van der Waals surface area (Å²) in [5.41, 5.74) is 2.32. The van der Waals surface area contributed by atoms with Gasteiger partial charge in [-0.25, -0.2) is 4.98 Å². The first-order valence-corrected chi connectivity index (χ1v) is 8.31. The van der Waals surface area contributed by atoms with Gasteiger partial charge in [-0.15, -0.1) is 17.0 Å². The van der Waals surface area contributed by atoms with Gasteiger partial charge in [-0.3, -0.25) is 4.79 Å². The van der Waals surface area contributed by atoms with E-state index in [1.54, 1.807) is 25.3 Å². The Balaban J connectivity index is 0.00000182. The van der Waals surface area contributed by atoms with E-state index in [9.17, 15) is 4.79 Å². The Bertz CT molecular complexity index is 928. The lowest BCUT2D eigenvalue weighted by molar-refractivity contribution is 0.102. The fraction of sp³-hybridized carbons (Fsp3) is 0.176. The lowest BCUT2D eigenvalue weighted by Crippen LogP contribution is -2.02. The number of aromatic amines is 1. The summed E-state index contributed by atoms with van der Waals surface area (Å²) in [5.74, 6) is 2.35. The van der Waals surface area contributed by atoms with Crippen LogP contribution >= 0.6 is 28.7 Å². The van der Waals surface area contributed by atoms with Crippen molar-refractivity contribution in [2.24, 2.45) is 0 Å². The Morgan fingerprint density at radius 1 is 1.24 bits per heavy atom. The number of carbonyl (C=O) groups excluding carboxylic acids is 1. The number of thioether (sulfide) groups is 1. The molecule has 3 aromatic rings. The fourth-order valence-corrected chi connectivity index (χ4v) is 3.23. The number of hydrogen-bond acceptors (Lipinski definition) is 6. The monoisotopic (exact) mass is 422 g/mol. The van der Waals surface area contributed by atoms with E-state index in [0.717, 1.165) is 16.8 Å². The summed E-state index contributed by atoms with van der Waals surface area (Å²) in [6, 6.07) is 10.8. The summed E-state index contributed by atoms with van der Waals surface area (Å²) >= 11 is 1.37. The van der Waals surface area contributed by atoms with E-state index in [-0.39, 0.29) is 35.3 Å². The van der Waals surface area contributed by atoms with Crippen LogP contribution in [0, 0.1) is 0 Å². The molecule has 1 aromatic heterocycles. The molecule has 0 fully saturated rings. The maximum absolute atomic E-state index is 12.4. The van der Waals surface area contributed by atoms with Crippen molar-refractivity contribution in [1.29, 1.82) is 0 Å². The van der Waals surface area contributed by atoms with Crippen LogP contribution in [-0.4, -0.2) is 35.4 Å². The van der Waals surface area contributed by atoms with Gasteiger partial charge in [0, 0.05) is 11.6 Å². The summed E-state index contributed by atoms with van der Waals surface area (Å²) in [6.45, 7) is 0.199. The Morgan fingerprint density at radius 2 is 2.08 bits per heavy atom. The number of imidazole rings is 1. The van der Waals surface area contributed by atoms with Crippen molar-refractivity contribution in [1.82, 2.24) is 9.97 Å². The number of aromatic nitrogens is 2. The van der Waals surface area contributed by atoms with E-state index < -0.39 is 0 Å². The van der Waals surface area contributed by atoms with Crippen molar-refractivity contribution in [2.45, 2.75) is 5.16 Å². The van der Waals surface area contributed by atoms with E-state index in [1.807, 2.05) is 18.2 Å². The third kappa shape index (κ3) is 3.59. The van der Waals surface area contributed by atoms with Gasteiger partial charge in [0.15, 0.2) is 22.4 Å². The number of nitrogens with one attached hydrogen (secondary N) is 1. The highest BCUT2D eigenvalue weighted by Gasteiger charge is 2.16. The Kier molecular flexibility index (Phi) is 5.19. The van der Waals surface area contributed by atoms with Crippen molar-refractivity contribution >= 4 is 45.6 Å². The maximum atomic E-state index is 12.4. The molecule has 0 radical (unpaired) electrons. The van der Waals surface area contributed by atoms with Crippen LogP contribution in [0.2, 0.25) is 0 Å². The number of hydrogen-bond donors (Lipinski definition) is 1.